The van der Waals surface area contributed by atoms with Gasteiger partial charge in [0.25, 0.3) is 0 Å². The summed E-state index contributed by atoms with van der Waals surface area (Å²) in [6.45, 7) is 1.90. The minimum absolute atomic E-state index is 0.253. The Labute approximate surface area is 138 Å². The molecule has 4 nitrogen and oxygen atoms in total. The summed E-state index contributed by atoms with van der Waals surface area (Å²) in [5.41, 5.74) is -0.299. The van der Waals surface area contributed by atoms with Crippen molar-refractivity contribution in [3.05, 3.63) is 48.4 Å². The molecule has 24 heavy (non-hydrogen) atoms. The van der Waals surface area contributed by atoms with Gasteiger partial charge in [0, 0.05) is 43.2 Å². The van der Waals surface area contributed by atoms with Crippen LogP contribution in [0.15, 0.2) is 42.7 Å². The number of halogens is 3. The Morgan fingerprint density at radius 2 is 2.04 bits per heavy atom. The normalized spacial score (nSPS) is 18.5. The molecule has 1 fully saturated rings. The number of hydrogen-bond acceptors (Lipinski definition) is 4. The summed E-state index contributed by atoms with van der Waals surface area (Å²) in [4.78, 5) is 9.49. The Kier molecular flexibility index (Phi) is 4.87. The molecule has 0 spiro atoms. The molecule has 128 valence electrons. The summed E-state index contributed by atoms with van der Waals surface area (Å²) >= 11 is 0. The fraction of sp³-hybridized carbons (Fsp3) is 0.412. The van der Waals surface area contributed by atoms with Crippen LogP contribution in [0.25, 0.3) is 0 Å². The smallest absolute Gasteiger partial charge is 0.433 e. The lowest BCUT2D eigenvalue weighted by molar-refractivity contribution is -0.141. The van der Waals surface area contributed by atoms with Gasteiger partial charge in [-0.1, -0.05) is 6.07 Å². The van der Waals surface area contributed by atoms with E-state index in [4.69, 9.17) is 4.74 Å². The minimum atomic E-state index is -4.42. The van der Waals surface area contributed by atoms with Crippen LogP contribution in [0.2, 0.25) is 0 Å². The van der Waals surface area contributed by atoms with Gasteiger partial charge >= 0.3 is 6.18 Å². The summed E-state index contributed by atoms with van der Waals surface area (Å²) in [7, 11) is 0. The molecule has 3 heterocycles. The highest BCUT2D eigenvalue weighted by atomic mass is 19.4. The van der Waals surface area contributed by atoms with Crippen molar-refractivity contribution in [3.63, 3.8) is 0 Å². The predicted octanol–water partition coefficient (Wildman–Crippen LogP) is 3.79. The van der Waals surface area contributed by atoms with Gasteiger partial charge in [-0.25, -0.2) is 4.98 Å². The molecule has 7 heteroatoms. The Morgan fingerprint density at radius 1 is 1.17 bits per heavy atom. The summed E-state index contributed by atoms with van der Waals surface area (Å²) in [5.74, 6) is 0.821. The maximum absolute atomic E-state index is 12.8. The van der Waals surface area contributed by atoms with E-state index in [1.165, 1.54) is 6.20 Å². The van der Waals surface area contributed by atoms with Crippen molar-refractivity contribution in [1.29, 1.82) is 0 Å². The third-order valence-corrected chi connectivity index (χ3v) is 4.02. The number of anilines is 1. The highest BCUT2D eigenvalue weighted by molar-refractivity contribution is 5.47. The highest BCUT2D eigenvalue weighted by Crippen LogP contribution is 2.31. The Morgan fingerprint density at radius 3 is 2.79 bits per heavy atom. The van der Waals surface area contributed by atoms with Crippen LogP contribution >= 0.6 is 0 Å². The molecule has 1 unspecified atom stereocenters. The Balaban J connectivity index is 1.63. The minimum Gasteiger partial charge on any atom is -0.477 e. The van der Waals surface area contributed by atoms with E-state index in [1.54, 1.807) is 18.3 Å². The molecule has 0 aromatic carbocycles. The fourth-order valence-electron chi connectivity index (χ4n) is 2.84. The molecule has 0 N–H and O–H groups in total. The van der Waals surface area contributed by atoms with Crippen LogP contribution in [0.1, 0.15) is 18.5 Å². The lowest BCUT2D eigenvalue weighted by Gasteiger charge is -2.34. The second kappa shape index (κ2) is 7.07. The monoisotopic (exact) mass is 337 g/mol. The molecule has 2 aromatic rings. The number of nitrogens with zero attached hydrogens (tertiary/aromatic N) is 3. The Bertz CT molecular complexity index is 664. The number of alkyl halides is 3. The first-order chi connectivity index (χ1) is 11.5. The van der Waals surface area contributed by atoms with Gasteiger partial charge in [0.05, 0.1) is 6.61 Å². The molecule has 3 rings (SSSR count). The zero-order chi connectivity index (χ0) is 17.0. The summed E-state index contributed by atoms with van der Waals surface area (Å²) < 4.78 is 44.1. The predicted molar refractivity (Wildman–Crippen MR) is 83.9 cm³/mol. The molecule has 1 aliphatic rings. The van der Waals surface area contributed by atoms with Crippen molar-refractivity contribution in [2.75, 3.05) is 24.6 Å². The molecule has 0 saturated carbocycles. The molecular formula is C17H18F3N3O. The van der Waals surface area contributed by atoms with Crippen molar-refractivity contribution in [2.45, 2.75) is 19.0 Å². The van der Waals surface area contributed by atoms with Crippen molar-refractivity contribution in [1.82, 2.24) is 9.97 Å². The van der Waals surface area contributed by atoms with E-state index >= 15 is 0 Å². The standard InChI is InChI=1S/C17H18F3N3O/c18-17(19,20)15-10-14(6-8-21-15)23-9-3-4-13(11-23)12-24-16-5-1-2-7-22-16/h1-2,5-8,10,13H,3-4,9,11-12H2. The van der Waals surface area contributed by atoms with Gasteiger partial charge in [-0.05, 0) is 31.0 Å². The second-order valence-electron chi connectivity index (χ2n) is 5.83. The van der Waals surface area contributed by atoms with Crippen LogP contribution in [-0.4, -0.2) is 29.7 Å². The lowest BCUT2D eigenvalue weighted by atomic mass is 9.98. The molecule has 0 radical (unpaired) electrons. The van der Waals surface area contributed by atoms with Crippen LogP contribution in [0.3, 0.4) is 0 Å². The molecule has 0 aliphatic carbocycles. The summed E-state index contributed by atoms with van der Waals surface area (Å²) in [5, 5.41) is 0. The van der Waals surface area contributed by atoms with E-state index in [0.29, 0.717) is 24.7 Å². The van der Waals surface area contributed by atoms with E-state index in [-0.39, 0.29) is 5.92 Å². The van der Waals surface area contributed by atoms with Gasteiger partial charge in [0.15, 0.2) is 0 Å². The first kappa shape index (κ1) is 16.5. The largest absolute Gasteiger partial charge is 0.477 e. The number of pyridine rings is 2. The highest BCUT2D eigenvalue weighted by Gasteiger charge is 2.33. The zero-order valence-electron chi connectivity index (χ0n) is 13.0. The van der Waals surface area contributed by atoms with Gasteiger partial charge in [-0.2, -0.15) is 13.2 Å². The molecule has 2 aromatic heterocycles. The maximum atomic E-state index is 12.8. The van der Waals surface area contributed by atoms with Crippen LogP contribution in [0.5, 0.6) is 5.88 Å². The number of rotatable bonds is 4. The molecule has 1 atom stereocenters. The molecule has 1 aliphatic heterocycles. The van der Waals surface area contributed by atoms with Crippen molar-refractivity contribution in [3.8, 4) is 5.88 Å². The van der Waals surface area contributed by atoms with Crippen LogP contribution < -0.4 is 9.64 Å². The van der Waals surface area contributed by atoms with Crippen molar-refractivity contribution >= 4 is 5.69 Å². The summed E-state index contributed by atoms with van der Waals surface area (Å²) in [6.07, 6.45) is 0.359. The average molecular weight is 337 g/mol. The van der Waals surface area contributed by atoms with Gasteiger partial charge in [-0.3, -0.25) is 4.98 Å². The average Bonchev–Trinajstić information content (AvgIpc) is 2.60. The van der Waals surface area contributed by atoms with Gasteiger partial charge in [-0.15, -0.1) is 0 Å². The third kappa shape index (κ3) is 4.15. The van der Waals surface area contributed by atoms with E-state index in [9.17, 15) is 13.2 Å². The quantitative estimate of drug-likeness (QED) is 0.851. The van der Waals surface area contributed by atoms with Crippen LogP contribution in [-0.2, 0) is 6.18 Å². The molecule has 0 amide bonds. The fourth-order valence-corrected chi connectivity index (χ4v) is 2.84. The van der Waals surface area contributed by atoms with Gasteiger partial charge in [0.2, 0.25) is 5.88 Å². The first-order valence-electron chi connectivity index (χ1n) is 7.84. The molecule has 0 bridgehead atoms. The maximum Gasteiger partial charge on any atom is 0.433 e. The topological polar surface area (TPSA) is 38.2 Å². The van der Waals surface area contributed by atoms with E-state index in [0.717, 1.165) is 25.5 Å². The van der Waals surface area contributed by atoms with Gasteiger partial charge in [0.1, 0.15) is 5.69 Å². The van der Waals surface area contributed by atoms with E-state index < -0.39 is 11.9 Å². The second-order valence-corrected chi connectivity index (χ2v) is 5.83. The zero-order valence-corrected chi connectivity index (χ0v) is 13.0. The number of piperidine rings is 1. The Hall–Kier alpha value is -2.31. The molecule has 1 saturated heterocycles. The lowest BCUT2D eigenvalue weighted by Crippen LogP contribution is -2.38. The van der Waals surface area contributed by atoms with Crippen molar-refractivity contribution < 1.29 is 17.9 Å². The van der Waals surface area contributed by atoms with E-state index in [2.05, 4.69) is 9.97 Å². The van der Waals surface area contributed by atoms with Crippen molar-refractivity contribution in [2.24, 2.45) is 5.92 Å². The number of ether oxygens (including phenoxy) is 1. The molecular weight excluding hydrogens is 319 g/mol. The SMILES string of the molecule is FC(F)(F)c1cc(N2CCCC(COc3ccccn3)C2)ccn1. The number of aromatic nitrogens is 2. The van der Waals surface area contributed by atoms with Crippen LogP contribution in [0, 0.1) is 5.92 Å². The number of hydrogen-bond donors (Lipinski definition) is 0. The first-order valence-corrected chi connectivity index (χ1v) is 7.84. The van der Waals surface area contributed by atoms with Crippen LogP contribution in [0.4, 0.5) is 18.9 Å². The summed E-state index contributed by atoms with van der Waals surface area (Å²) in [6, 6.07) is 8.19. The van der Waals surface area contributed by atoms with Gasteiger partial charge < -0.3 is 9.64 Å². The third-order valence-electron chi connectivity index (χ3n) is 4.02. The van der Waals surface area contributed by atoms with E-state index in [1.807, 2.05) is 17.0 Å².